The Hall–Kier alpha value is -3.66. The number of benzene rings is 3. The highest BCUT2D eigenvalue weighted by molar-refractivity contribution is 5.91. The number of esters is 1. The van der Waals surface area contributed by atoms with Gasteiger partial charge in [0.15, 0.2) is 0 Å². The Balaban J connectivity index is 2.11. The lowest BCUT2D eigenvalue weighted by molar-refractivity contribution is 0.0524. The first-order valence-corrected chi connectivity index (χ1v) is 9.66. The van der Waals surface area contributed by atoms with E-state index in [9.17, 15) is 4.79 Å². The van der Waals surface area contributed by atoms with Crippen molar-refractivity contribution in [3.8, 4) is 0 Å². The fourth-order valence-corrected chi connectivity index (χ4v) is 3.93. The molecule has 0 bridgehead atoms. The van der Waals surface area contributed by atoms with Gasteiger partial charge in [0.25, 0.3) is 0 Å². The summed E-state index contributed by atoms with van der Waals surface area (Å²) in [5, 5.41) is 7.37. The first-order chi connectivity index (χ1) is 14.3. The zero-order chi connectivity index (χ0) is 20.1. The number of carbonyl (C=O) groups is 1. The smallest absolute Gasteiger partial charge is 0.341 e. The van der Waals surface area contributed by atoms with Gasteiger partial charge in [0.1, 0.15) is 5.56 Å². The van der Waals surface area contributed by atoms with Crippen molar-refractivity contribution >= 4 is 5.97 Å². The lowest BCUT2D eigenvalue weighted by atomic mass is 9.66. The highest BCUT2D eigenvalue weighted by Gasteiger charge is 2.42. The van der Waals surface area contributed by atoms with Gasteiger partial charge in [-0.05, 0) is 23.6 Å². The van der Waals surface area contributed by atoms with Gasteiger partial charge in [-0.1, -0.05) is 91.0 Å². The van der Waals surface area contributed by atoms with E-state index in [0.29, 0.717) is 17.9 Å². The molecule has 1 N–H and O–H groups in total. The van der Waals surface area contributed by atoms with Gasteiger partial charge in [0, 0.05) is 0 Å². The van der Waals surface area contributed by atoms with Crippen molar-refractivity contribution in [2.75, 3.05) is 6.61 Å². The molecule has 0 amide bonds. The van der Waals surface area contributed by atoms with E-state index in [1.165, 1.54) is 0 Å². The third-order valence-electron chi connectivity index (χ3n) is 5.13. The van der Waals surface area contributed by atoms with E-state index in [4.69, 9.17) is 4.74 Å². The molecule has 0 aliphatic heterocycles. The third kappa shape index (κ3) is 3.23. The lowest BCUT2D eigenvalue weighted by Gasteiger charge is -2.35. The molecule has 29 heavy (non-hydrogen) atoms. The van der Waals surface area contributed by atoms with Crippen molar-refractivity contribution in [2.45, 2.75) is 12.3 Å². The van der Waals surface area contributed by atoms with Crippen LogP contribution in [0, 0.1) is 0 Å². The average molecular weight is 382 g/mol. The zero-order valence-corrected chi connectivity index (χ0v) is 16.2. The average Bonchev–Trinajstić information content (AvgIpc) is 3.27. The van der Waals surface area contributed by atoms with Crippen molar-refractivity contribution in [3.63, 3.8) is 0 Å². The summed E-state index contributed by atoms with van der Waals surface area (Å²) >= 11 is 0. The van der Waals surface area contributed by atoms with Gasteiger partial charge in [0.2, 0.25) is 0 Å². The van der Waals surface area contributed by atoms with Gasteiger partial charge < -0.3 is 4.74 Å². The molecule has 4 heteroatoms. The van der Waals surface area contributed by atoms with E-state index < -0.39 is 5.41 Å². The minimum atomic E-state index is -0.748. The SMILES string of the molecule is CCOC(=O)c1cn[nH]c1C(c1ccccc1)(c1ccccc1)c1ccccc1. The van der Waals surface area contributed by atoms with Crippen LogP contribution in [-0.2, 0) is 10.2 Å². The number of rotatable bonds is 6. The standard InChI is InChI=1S/C25H22N2O2/c1-2-29-24(28)22-18-26-27-23(22)25(19-12-6-3-7-13-19,20-14-8-4-9-15-20)21-16-10-5-11-17-21/h3-18H,2H2,1H3,(H,26,27). The highest BCUT2D eigenvalue weighted by Crippen LogP contribution is 2.45. The van der Waals surface area contributed by atoms with E-state index in [2.05, 4.69) is 46.6 Å². The maximum absolute atomic E-state index is 12.8. The summed E-state index contributed by atoms with van der Waals surface area (Å²) in [6, 6.07) is 30.5. The second-order valence-corrected chi connectivity index (χ2v) is 6.73. The van der Waals surface area contributed by atoms with E-state index in [0.717, 1.165) is 16.7 Å². The van der Waals surface area contributed by atoms with Gasteiger partial charge in [-0.25, -0.2) is 4.79 Å². The quantitative estimate of drug-likeness (QED) is 0.378. The number of H-pyrrole nitrogens is 1. The fraction of sp³-hybridized carbons (Fsp3) is 0.120. The molecule has 4 aromatic rings. The van der Waals surface area contributed by atoms with Crippen LogP contribution in [-0.4, -0.2) is 22.8 Å². The molecule has 0 saturated carbocycles. The Morgan fingerprint density at radius 2 is 1.28 bits per heavy atom. The Labute approximate surface area is 170 Å². The maximum atomic E-state index is 12.8. The van der Waals surface area contributed by atoms with Crippen molar-refractivity contribution in [1.29, 1.82) is 0 Å². The Kier molecular flexibility index (Phi) is 5.25. The minimum absolute atomic E-state index is 0.304. The molecular formula is C25H22N2O2. The molecule has 0 radical (unpaired) electrons. The minimum Gasteiger partial charge on any atom is -0.462 e. The van der Waals surface area contributed by atoms with Crippen LogP contribution in [0.2, 0.25) is 0 Å². The van der Waals surface area contributed by atoms with Crippen LogP contribution in [0.25, 0.3) is 0 Å². The predicted molar refractivity (Wildman–Crippen MR) is 113 cm³/mol. The fourth-order valence-electron chi connectivity index (χ4n) is 3.93. The third-order valence-corrected chi connectivity index (χ3v) is 5.13. The number of nitrogens with zero attached hydrogens (tertiary/aromatic N) is 1. The number of aromatic amines is 1. The molecule has 4 rings (SSSR count). The molecule has 1 heterocycles. The van der Waals surface area contributed by atoms with Crippen molar-refractivity contribution in [1.82, 2.24) is 10.2 Å². The molecular weight excluding hydrogens is 360 g/mol. The Morgan fingerprint density at radius 3 is 1.69 bits per heavy atom. The molecule has 0 unspecified atom stereocenters. The number of carbonyl (C=O) groups excluding carboxylic acids is 1. The summed E-state index contributed by atoms with van der Waals surface area (Å²) < 4.78 is 5.33. The van der Waals surface area contributed by atoms with Crippen LogP contribution in [0.5, 0.6) is 0 Å². The summed E-state index contributed by atoms with van der Waals surface area (Å²) in [5.74, 6) is -0.386. The zero-order valence-electron chi connectivity index (χ0n) is 16.2. The van der Waals surface area contributed by atoms with Gasteiger partial charge in [0.05, 0.1) is 23.9 Å². The van der Waals surface area contributed by atoms with Gasteiger partial charge in [-0.2, -0.15) is 5.10 Å². The van der Waals surface area contributed by atoms with E-state index in [1.54, 1.807) is 13.1 Å². The second kappa shape index (κ2) is 8.15. The number of aromatic nitrogens is 2. The number of nitrogens with one attached hydrogen (secondary N) is 1. The number of hydrogen-bond acceptors (Lipinski definition) is 3. The molecule has 0 spiro atoms. The Bertz CT molecular complexity index is 977. The molecule has 144 valence electrons. The summed E-state index contributed by atoms with van der Waals surface area (Å²) in [5.41, 5.74) is 3.48. The normalized spacial score (nSPS) is 11.2. The summed E-state index contributed by atoms with van der Waals surface area (Å²) in [7, 11) is 0. The van der Waals surface area contributed by atoms with Crippen molar-refractivity contribution in [3.05, 3.63) is 125 Å². The monoisotopic (exact) mass is 382 g/mol. The molecule has 4 nitrogen and oxygen atoms in total. The Morgan fingerprint density at radius 1 is 0.828 bits per heavy atom. The number of ether oxygens (including phenoxy) is 1. The summed E-state index contributed by atoms with van der Waals surface area (Å²) in [6.45, 7) is 2.11. The van der Waals surface area contributed by atoms with Crippen LogP contribution < -0.4 is 0 Å². The highest BCUT2D eigenvalue weighted by atomic mass is 16.5. The molecule has 0 saturated heterocycles. The molecule has 3 aromatic carbocycles. The van der Waals surface area contributed by atoms with E-state index in [1.807, 2.05) is 54.6 Å². The molecule has 0 aliphatic rings. The summed E-state index contributed by atoms with van der Waals surface area (Å²) in [4.78, 5) is 12.8. The van der Waals surface area contributed by atoms with Crippen LogP contribution in [0.1, 0.15) is 39.7 Å². The molecule has 0 fully saturated rings. The maximum Gasteiger partial charge on any atom is 0.341 e. The van der Waals surface area contributed by atoms with Gasteiger partial charge in [-0.3, -0.25) is 5.10 Å². The van der Waals surface area contributed by atoms with Crippen LogP contribution in [0.4, 0.5) is 0 Å². The van der Waals surface area contributed by atoms with Crippen molar-refractivity contribution < 1.29 is 9.53 Å². The predicted octanol–water partition coefficient (Wildman–Crippen LogP) is 4.97. The first-order valence-electron chi connectivity index (χ1n) is 9.66. The van der Waals surface area contributed by atoms with Crippen molar-refractivity contribution in [2.24, 2.45) is 0 Å². The molecule has 1 aromatic heterocycles. The van der Waals surface area contributed by atoms with Crippen LogP contribution in [0.3, 0.4) is 0 Å². The first kappa shape index (κ1) is 18.7. The van der Waals surface area contributed by atoms with Crippen LogP contribution in [0.15, 0.2) is 97.2 Å². The van der Waals surface area contributed by atoms with Gasteiger partial charge in [-0.15, -0.1) is 0 Å². The number of hydrogen-bond donors (Lipinski definition) is 1. The molecule has 0 aliphatic carbocycles. The summed E-state index contributed by atoms with van der Waals surface area (Å²) in [6.07, 6.45) is 1.55. The van der Waals surface area contributed by atoms with E-state index >= 15 is 0 Å². The largest absolute Gasteiger partial charge is 0.462 e. The lowest BCUT2D eigenvalue weighted by Crippen LogP contribution is -2.33. The van der Waals surface area contributed by atoms with Gasteiger partial charge >= 0.3 is 5.97 Å². The second-order valence-electron chi connectivity index (χ2n) is 6.73. The molecule has 0 atom stereocenters. The topological polar surface area (TPSA) is 55.0 Å². The van der Waals surface area contributed by atoms with E-state index in [-0.39, 0.29) is 5.97 Å². The van der Waals surface area contributed by atoms with Crippen LogP contribution >= 0.6 is 0 Å².